The number of nitro groups is 1. The van der Waals surface area contributed by atoms with Crippen LogP contribution in [0.25, 0.3) is 10.9 Å². The molecule has 2 aromatic heterocycles. The second-order valence-electron chi connectivity index (χ2n) is 4.27. The zero-order valence-corrected chi connectivity index (χ0v) is 10.6. The number of nitrogens with zero attached hydrogens (tertiary/aromatic N) is 3. The van der Waals surface area contributed by atoms with Crippen molar-refractivity contribution in [3.8, 4) is 11.6 Å². The monoisotopic (exact) mass is 268 g/mol. The van der Waals surface area contributed by atoms with E-state index in [1.807, 2.05) is 35.9 Å². The fourth-order valence-electron chi connectivity index (χ4n) is 1.91. The number of hydrogen-bond donors (Lipinski definition) is 0. The average Bonchev–Trinajstić information content (AvgIpc) is 2.81. The van der Waals surface area contributed by atoms with Gasteiger partial charge in [-0.2, -0.15) is 0 Å². The highest BCUT2D eigenvalue weighted by Crippen LogP contribution is 2.25. The minimum absolute atomic E-state index is 0.0644. The molecule has 0 amide bonds. The van der Waals surface area contributed by atoms with E-state index in [9.17, 15) is 10.1 Å². The highest BCUT2D eigenvalue weighted by molar-refractivity contribution is 5.81. The van der Waals surface area contributed by atoms with Crippen LogP contribution in [-0.2, 0) is 7.05 Å². The van der Waals surface area contributed by atoms with E-state index in [2.05, 4.69) is 11.2 Å². The van der Waals surface area contributed by atoms with E-state index < -0.39 is 4.92 Å². The van der Waals surface area contributed by atoms with Crippen molar-refractivity contribution >= 4 is 16.6 Å². The van der Waals surface area contributed by atoms with Gasteiger partial charge in [0.25, 0.3) is 5.69 Å². The van der Waals surface area contributed by atoms with Gasteiger partial charge in [-0.1, -0.05) is 0 Å². The largest absolute Gasteiger partial charge is 0.439 e. The van der Waals surface area contributed by atoms with Crippen LogP contribution in [0.4, 0.5) is 5.69 Å². The molecule has 1 radical (unpaired) electrons. The first-order chi connectivity index (χ1) is 9.63. The van der Waals surface area contributed by atoms with Gasteiger partial charge in [0.1, 0.15) is 11.9 Å². The minimum Gasteiger partial charge on any atom is -0.439 e. The molecule has 0 bridgehead atoms. The molecular formula is C14H10N3O3. The van der Waals surface area contributed by atoms with Gasteiger partial charge in [0.2, 0.25) is 5.88 Å². The molecule has 0 aliphatic carbocycles. The Morgan fingerprint density at radius 2 is 2.20 bits per heavy atom. The van der Waals surface area contributed by atoms with Crippen LogP contribution in [0.5, 0.6) is 11.6 Å². The van der Waals surface area contributed by atoms with Crippen molar-refractivity contribution in [1.29, 1.82) is 0 Å². The third kappa shape index (κ3) is 2.18. The van der Waals surface area contributed by atoms with Crippen molar-refractivity contribution in [1.82, 2.24) is 9.55 Å². The minimum atomic E-state index is -0.497. The van der Waals surface area contributed by atoms with E-state index >= 15 is 0 Å². The van der Waals surface area contributed by atoms with Crippen LogP contribution >= 0.6 is 0 Å². The van der Waals surface area contributed by atoms with E-state index in [4.69, 9.17) is 4.74 Å². The Hall–Kier alpha value is -2.89. The fraction of sp³-hybridized carbons (Fsp3) is 0.0714. The molecule has 0 aliphatic rings. The first kappa shape index (κ1) is 12.2. The van der Waals surface area contributed by atoms with Gasteiger partial charge in [-0.25, -0.2) is 4.98 Å². The Morgan fingerprint density at radius 3 is 2.90 bits per heavy atom. The number of hydrogen-bond acceptors (Lipinski definition) is 4. The summed E-state index contributed by atoms with van der Waals surface area (Å²) in [6.45, 7) is 0. The van der Waals surface area contributed by atoms with Gasteiger partial charge >= 0.3 is 0 Å². The molecule has 0 aliphatic heterocycles. The molecule has 6 heteroatoms. The number of pyridine rings is 1. The molecular weight excluding hydrogens is 258 g/mol. The molecule has 1 aromatic carbocycles. The Labute approximate surface area is 114 Å². The first-order valence-electron chi connectivity index (χ1n) is 5.89. The van der Waals surface area contributed by atoms with Crippen LogP contribution in [0.1, 0.15) is 0 Å². The van der Waals surface area contributed by atoms with Gasteiger partial charge < -0.3 is 9.30 Å². The molecule has 0 saturated heterocycles. The van der Waals surface area contributed by atoms with E-state index in [0.29, 0.717) is 11.6 Å². The summed E-state index contributed by atoms with van der Waals surface area (Å²) in [6, 6.07) is 10.3. The van der Waals surface area contributed by atoms with Gasteiger partial charge in [0, 0.05) is 30.1 Å². The lowest BCUT2D eigenvalue weighted by molar-refractivity contribution is -0.385. The summed E-state index contributed by atoms with van der Waals surface area (Å²) in [6.07, 6.45) is 4.23. The smallest absolute Gasteiger partial charge is 0.287 e. The molecule has 3 rings (SSSR count). The third-order valence-electron chi connectivity index (χ3n) is 2.93. The predicted octanol–water partition coefficient (Wildman–Crippen LogP) is 3.07. The number of aromatic nitrogens is 2. The molecule has 0 N–H and O–H groups in total. The zero-order valence-electron chi connectivity index (χ0n) is 10.6. The normalized spacial score (nSPS) is 10.7. The number of rotatable bonds is 3. The Morgan fingerprint density at radius 1 is 1.35 bits per heavy atom. The Balaban J connectivity index is 1.86. The summed E-state index contributed by atoms with van der Waals surface area (Å²) in [5.41, 5.74) is 0.986. The predicted molar refractivity (Wildman–Crippen MR) is 72.7 cm³/mol. The lowest BCUT2D eigenvalue weighted by atomic mass is 10.2. The second kappa shape index (κ2) is 4.65. The van der Waals surface area contributed by atoms with Crippen LogP contribution < -0.4 is 4.74 Å². The molecule has 0 fully saturated rings. The number of benzene rings is 1. The maximum absolute atomic E-state index is 10.5. The van der Waals surface area contributed by atoms with Crippen molar-refractivity contribution in [3.05, 3.63) is 58.9 Å². The third-order valence-corrected chi connectivity index (χ3v) is 2.93. The van der Waals surface area contributed by atoms with Crippen molar-refractivity contribution in [2.45, 2.75) is 0 Å². The van der Waals surface area contributed by atoms with E-state index in [0.717, 1.165) is 10.9 Å². The average molecular weight is 268 g/mol. The molecule has 0 unspecified atom stereocenters. The number of ether oxygens (including phenoxy) is 1. The van der Waals surface area contributed by atoms with Crippen LogP contribution in [0, 0.1) is 16.3 Å². The number of aryl methyl sites for hydroxylation is 1. The second-order valence-corrected chi connectivity index (χ2v) is 4.27. The van der Waals surface area contributed by atoms with Crippen LogP contribution in [0.3, 0.4) is 0 Å². The van der Waals surface area contributed by atoms with Crippen molar-refractivity contribution in [3.63, 3.8) is 0 Å². The van der Waals surface area contributed by atoms with Crippen LogP contribution in [0.15, 0.2) is 42.6 Å². The molecule has 2 heterocycles. The highest BCUT2D eigenvalue weighted by Gasteiger charge is 2.07. The summed E-state index contributed by atoms with van der Waals surface area (Å²) < 4.78 is 7.47. The van der Waals surface area contributed by atoms with Gasteiger partial charge in [0.05, 0.1) is 11.1 Å². The van der Waals surface area contributed by atoms with Gasteiger partial charge in [-0.3, -0.25) is 10.1 Å². The van der Waals surface area contributed by atoms with Crippen molar-refractivity contribution in [2.24, 2.45) is 7.05 Å². The molecule has 0 atom stereocenters. The molecule has 0 spiro atoms. The van der Waals surface area contributed by atoms with E-state index in [-0.39, 0.29) is 5.69 Å². The molecule has 20 heavy (non-hydrogen) atoms. The first-order valence-corrected chi connectivity index (χ1v) is 5.89. The van der Waals surface area contributed by atoms with E-state index in [1.54, 1.807) is 0 Å². The summed E-state index contributed by atoms with van der Waals surface area (Å²) in [7, 11) is 1.92. The van der Waals surface area contributed by atoms with Gasteiger partial charge in [-0.05, 0) is 24.3 Å². The number of fused-ring (bicyclic) bond motifs is 1. The standard InChI is InChI=1S/C14H10N3O3/c1-16-7-6-10-8-12(3-4-13(10)16)20-14-5-2-11(9-15-14)17(18)19/h2-6,8-9H,1H3. The van der Waals surface area contributed by atoms with Gasteiger partial charge in [0.15, 0.2) is 0 Å². The summed E-state index contributed by atoms with van der Waals surface area (Å²) in [5, 5.41) is 11.5. The molecule has 6 nitrogen and oxygen atoms in total. The lowest BCUT2D eigenvalue weighted by Gasteiger charge is -2.04. The molecule has 0 saturated carbocycles. The van der Waals surface area contributed by atoms with E-state index in [1.165, 1.54) is 18.3 Å². The van der Waals surface area contributed by atoms with Crippen LogP contribution in [-0.4, -0.2) is 14.5 Å². The zero-order chi connectivity index (χ0) is 14.1. The molecule has 99 valence electrons. The Kier molecular flexibility index (Phi) is 2.83. The fourth-order valence-corrected chi connectivity index (χ4v) is 1.91. The van der Waals surface area contributed by atoms with Gasteiger partial charge in [-0.15, -0.1) is 0 Å². The Bertz CT molecular complexity index is 778. The van der Waals surface area contributed by atoms with Crippen molar-refractivity contribution in [2.75, 3.05) is 0 Å². The van der Waals surface area contributed by atoms with Crippen LogP contribution in [0.2, 0.25) is 0 Å². The lowest BCUT2D eigenvalue weighted by Crippen LogP contribution is -1.91. The highest BCUT2D eigenvalue weighted by atomic mass is 16.6. The quantitative estimate of drug-likeness (QED) is 0.540. The topological polar surface area (TPSA) is 70.2 Å². The summed E-state index contributed by atoms with van der Waals surface area (Å²) in [5.74, 6) is 0.938. The SMILES string of the molecule is Cn1[c]cc2cc(Oc3ccc([N+](=O)[O-])cn3)ccc21. The van der Waals surface area contributed by atoms with Crippen molar-refractivity contribution < 1.29 is 9.66 Å². The summed E-state index contributed by atoms with van der Waals surface area (Å²) in [4.78, 5) is 13.9. The maximum Gasteiger partial charge on any atom is 0.287 e. The maximum atomic E-state index is 10.5. The molecule has 3 aromatic rings. The summed E-state index contributed by atoms with van der Waals surface area (Å²) >= 11 is 0.